The summed E-state index contributed by atoms with van der Waals surface area (Å²) in [5.41, 5.74) is 0.821. The topological polar surface area (TPSA) is 76.7 Å². The molecule has 7 heteroatoms. The zero-order valence-corrected chi connectivity index (χ0v) is 10.9. The van der Waals surface area contributed by atoms with Crippen LogP contribution >= 0.6 is 11.5 Å². The molecule has 2 rings (SSSR count). The van der Waals surface area contributed by atoms with Crippen LogP contribution in [-0.4, -0.2) is 26.3 Å². The van der Waals surface area contributed by atoms with Crippen molar-refractivity contribution >= 4 is 11.5 Å². The summed E-state index contributed by atoms with van der Waals surface area (Å²) in [6, 6.07) is 0.113. The largest absolute Gasteiger partial charge is 0.418 e. The van der Waals surface area contributed by atoms with Gasteiger partial charge in [0.2, 0.25) is 5.89 Å². The minimum atomic E-state index is 0.113. The first-order chi connectivity index (χ1) is 8.26. The summed E-state index contributed by atoms with van der Waals surface area (Å²) < 4.78 is 9.52. The van der Waals surface area contributed by atoms with Crippen LogP contribution in [0.4, 0.5) is 0 Å². The number of nitrogens with zero attached hydrogens (tertiary/aromatic N) is 4. The molecule has 0 spiro atoms. The molecule has 0 aliphatic carbocycles. The third kappa shape index (κ3) is 2.50. The van der Waals surface area contributed by atoms with Gasteiger partial charge in [-0.15, -0.1) is 15.3 Å². The fourth-order valence-corrected chi connectivity index (χ4v) is 2.13. The van der Waals surface area contributed by atoms with Crippen LogP contribution in [0.1, 0.15) is 37.9 Å². The number of aryl methyl sites for hydroxylation is 1. The Morgan fingerprint density at radius 2 is 2.12 bits per heavy atom. The number of rotatable bonds is 5. The van der Waals surface area contributed by atoms with E-state index < -0.39 is 0 Å². The van der Waals surface area contributed by atoms with E-state index in [9.17, 15) is 0 Å². The van der Waals surface area contributed by atoms with Crippen molar-refractivity contribution in [3.63, 3.8) is 0 Å². The van der Waals surface area contributed by atoms with E-state index in [0.29, 0.717) is 11.8 Å². The third-order valence-corrected chi connectivity index (χ3v) is 3.26. The second-order valence-corrected chi connectivity index (χ2v) is 4.41. The molecule has 0 fully saturated rings. The van der Waals surface area contributed by atoms with E-state index >= 15 is 0 Å². The lowest BCUT2D eigenvalue weighted by atomic mass is 10.2. The van der Waals surface area contributed by atoms with E-state index in [1.165, 1.54) is 11.5 Å². The highest BCUT2D eigenvalue weighted by Crippen LogP contribution is 2.26. The molecule has 17 heavy (non-hydrogen) atoms. The minimum Gasteiger partial charge on any atom is -0.418 e. The first kappa shape index (κ1) is 12.1. The molecule has 0 saturated heterocycles. The number of nitrogens with one attached hydrogen (secondary N) is 1. The lowest BCUT2D eigenvalue weighted by Crippen LogP contribution is -2.20. The Morgan fingerprint density at radius 1 is 1.29 bits per heavy atom. The van der Waals surface area contributed by atoms with Crippen LogP contribution in [0.5, 0.6) is 0 Å². The standard InChI is InChI=1S/C10H15N5OS/c1-4-7(11-5-2)9-13-14-10(16-9)8-6(3)12-15-17-8/h7,11H,4-5H2,1-3H3. The number of hydrogen-bond acceptors (Lipinski definition) is 7. The van der Waals surface area contributed by atoms with E-state index in [0.717, 1.165) is 23.5 Å². The van der Waals surface area contributed by atoms with Gasteiger partial charge in [0.15, 0.2) is 0 Å². The van der Waals surface area contributed by atoms with Crippen LogP contribution in [0, 0.1) is 6.92 Å². The van der Waals surface area contributed by atoms with Crippen molar-refractivity contribution in [1.29, 1.82) is 0 Å². The fourth-order valence-electron chi connectivity index (χ4n) is 1.55. The van der Waals surface area contributed by atoms with Crippen molar-refractivity contribution in [2.24, 2.45) is 0 Å². The highest BCUT2D eigenvalue weighted by atomic mass is 32.1. The van der Waals surface area contributed by atoms with Gasteiger partial charge >= 0.3 is 0 Å². The fraction of sp³-hybridized carbons (Fsp3) is 0.600. The van der Waals surface area contributed by atoms with Crippen molar-refractivity contribution in [2.45, 2.75) is 33.2 Å². The maximum absolute atomic E-state index is 5.66. The van der Waals surface area contributed by atoms with Gasteiger partial charge in [0.1, 0.15) is 4.88 Å². The Hall–Kier alpha value is -1.34. The average Bonchev–Trinajstić information content (AvgIpc) is 2.94. The summed E-state index contributed by atoms with van der Waals surface area (Å²) in [7, 11) is 0. The summed E-state index contributed by atoms with van der Waals surface area (Å²) in [5.74, 6) is 1.13. The van der Waals surface area contributed by atoms with Gasteiger partial charge in [-0.2, -0.15) is 0 Å². The molecule has 0 radical (unpaired) electrons. The van der Waals surface area contributed by atoms with Gasteiger partial charge in [0.05, 0.1) is 11.7 Å². The van der Waals surface area contributed by atoms with Crippen LogP contribution in [0.3, 0.4) is 0 Å². The molecular formula is C10H15N5OS. The predicted octanol–water partition coefficient (Wildman–Crippen LogP) is 1.96. The molecule has 6 nitrogen and oxygen atoms in total. The molecule has 2 aromatic heterocycles. The van der Waals surface area contributed by atoms with E-state index in [1.807, 2.05) is 6.92 Å². The Bertz CT molecular complexity index is 481. The zero-order chi connectivity index (χ0) is 12.3. The van der Waals surface area contributed by atoms with Gasteiger partial charge in [-0.3, -0.25) is 0 Å². The molecule has 0 amide bonds. The second-order valence-electron chi connectivity index (χ2n) is 3.65. The summed E-state index contributed by atoms with van der Waals surface area (Å²) in [6.45, 7) is 6.88. The molecule has 1 unspecified atom stereocenters. The van der Waals surface area contributed by atoms with E-state index in [4.69, 9.17) is 4.42 Å². The van der Waals surface area contributed by atoms with E-state index in [-0.39, 0.29) is 6.04 Å². The second kappa shape index (κ2) is 5.33. The molecule has 0 aromatic carbocycles. The van der Waals surface area contributed by atoms with Crippen LogP contribution in [0.15, 0.2) is 4.42 Å². The Kier molecular flexibility index (Phi) is 3.80. The Morgan fingerprint density at radius 3 is 2.71 bits per heavy atom. The van der Waals surface area contributed by atoms with Crippen molar-refractivity contribution in [3.8, 4) is 10.8 Å². The lowest BCUT2D eigenvalue weighted by Gasteiger charge is -2.09. The van der Waals surface area contributed by atoms with Crippen molar-refractivity contribution in [1.82, 2.24) is 25.1 Å². The van der Waals surface area contributed by atoms with Gasteiger partial charge in [-0.1, -0.05) is 18.3 Å². The summed E-state index contributed by atoms with van der Waals surface area (Å²) in [4.78, 5) is 0.843. The summed E-state index contributed by atoms with van der Waals surface area (Å²) >= 11 is 1.27. The highest BCUT2D eigenvalue weighted by Gasteiger charge is 2.19. The number of aromatic nitrogens is 4. The molecular weight excluding hydrogens is 238 g/mol. The molecule has 2 heterocycles. The highest BCUT2D eigenvalue weighted by molar-refractivity contribution is 7.09. The SMILES string of the molecule is CCNC(CC)c1nnc(-c2snnc2C)o1. The van der Waals surface area contributed by atoms with Crippen LogP contribution in [0.25, 0.3) is 10.8 Å². The molecule has 92 valence electrons. The van der Waals surface area contributed by atoms with Crippen molar-refractivity contribution < 1.29 is 4.42 Å². The molecule has 2 aromatic rings. The van der Waals surface area contributed by atoms with Gasteiger partial charge in [-0.25, -0.2) is 0 Å². The van der Waals surface area contributed by atoms with E-state index in [1.54, 1.807) is 0 Å². The first-order valence-corrected chi connectivity index (χ1v) is 6.39. The zero-order valence-electron chi connectivity index (χ0n) is 10.1. The maximum Gasteiger partial charge on any atom is 0.261 e. The average molecular weight is 253 g/mol. The van der Waals surface area contributed by atoms with Gasteiger partial charge in [0.25, 0.3) is 5.89 Å². The molecule has 1 atom stereocenters. The predicted molar refractivity (Wildman–Crippen MR) is 64.6 cm³/mol. The molecule has 0 saturated carbocycles. The maximum atomic E-state index is 5.66. The lowest BCUT2D eigenvalue weighted by molar-refractivity contribution is 0.402. The minimum absolute atomic E-state index is 0.113. The molecule has 0 bridgehead atoms. The quantitative estimate of drug-likeness (QED) is 0.877. The Labute approximate surface area is 104 Å². The number of hydrogen-bond donors (Lipinski definition) is 1. The molecule has 0 aliphatic heterocycles. The van der Waals surface area contributed by atoms with Crippen LogP contribution in [-0.2, 0) is 0 Å². The summed E-state index contributed by atoms with van der Waals surface area (Å²) in [5, 5.41) is 15.3. The molecule has 1 N–H and O–H groups in total. The van der Waals surface area contributed by atoms with Crippen molar-refractivity contribution in [3.05, 3.63) is 11.6 Å². The van der Waals surface area contributed by atoms with Gasteiger partial charge in [-0.05, 0) is 31.4 Å². The van der Waals surface area contributed by atoms with Gasteiger partial charge < -0.3 is 9.73 Å². The third-order valence-electron chi connectivity index (χ3n) is 2.44. The normalized spacial score (nSPS) is 12.9. The first-order valence-electron chi connectivity index (χ1n) is 5.62. The van der Waals surface area contributed by atoms with Gasteiger partial charge in [0, 0.05) is 0 Å². The monoisotopic (exact) mass is 253 g/mol. The Balaban J connectivity index is 2.24. The van der Waals surface area contributed by atoms with E-state index in [2.05, 4.69) is 38.9 Å². The molecule has 0 aliphatic rings. The van der Waals surface area contributed by atoms with Crippen LogP contribution < -0.4 is 5.32 Å². The summed E-state index contributed by atoms with van der Waals surface area (Å²) in [6.07, 6.45) is 0.912. The smallest absolute Gasteiger partial charge is 0.261 e. The van der Waals surface area contributed by atoms with Crippen LogP contribution in [0.2, 0.25) is 0 Å². The van der Waals surface area contributed by atoms with Crippen molar-refractivity contribution in [2.75, 3.05) is 6.54 Å².